The van der Waals surface area contributed by atoms with Crippen LogP contribution in [0.25, 0.3) is 0 Å². The fourth-order valence-corrected chi connectivity index (χ4v) is 2.72. The molecule has 2 unspecified atom stereocenters. The zero-order chi connectivity index (χ0) is 14.9. The van der Waals surface area contributed by atoms with Crippen LogP contribution in [0.2, 0.25) is 10.0 Å². The molecule has 2 rings (SSSR count). The highest BCUT2D eigenvalue weighted by molar-refractivity contribution is 6.42. The summed E-state index contributed by atoms with van der Waals surface area (Å²) in [6.45, 7) is 0.223. The second-order valence-corrected chi connectivity index (χ2v) is 5.78. The third kappa shape index (κ3) is 3.25. The lowest BCUT2D eigenvalue weighted by Gasteiger charge is -2.16. The van der Waals surface area contributed by atoms with Crippen molar-refractivity contribution in [1.82, 2.24) is 4.90 Å². The number of hydrogen-bond acceptors (Lipinski definition) is 2. The number of hydrogen-bond donors (Lipinski definition) is 1. The molecular weight excluding hydrogens is 301 g/mol. The van der Waals surface area contributed by atoms with Crippen LogP contribution in [0, 0.1) is 5.92 Å². The molecule has 1 N–H and O–H groups in total. The molecule has 0 aliphatic heterocycles. The van der Waals surface area contributed by atoms with E-state index in [4.69, 9.17) is 28.3 Å². The number of halogens is 2. The summed E-state index contributed by atoms with van der Waals surface area (Å²) in [5.74, 6) is -0.979. The first-order valence-electron chi connectivity index (χ1n) is 6.32. The van der Waals surface area contributed by atoms with E-state index < -0.39 is 5.97 Å². The molecule has 0 aromatic heterocycles. The second kappa shape index (κ2) is 6.02. The van der Waals surface area contributed by atoms with E-state index in [0.29, 0.717) is 10.0 Å². The zero-order valence-electron chi connectivity index (χ0n) is 11.0. The summed E-state index contributed by atoms with van der Waals surface area (Å²) in [6.07, 6.45) is 0.688. The smallest absolute Gasteiger partial charge is 0.305 e. The van der Waals surface area contributed by atoms with Crippen molar-refractivity contribution in [3.8, 4) is 0 Å². The fraction of sp³-hybridized carbons (Fsp3) is 0.429. The molecule has 1 aliphatic rings. The number of carboxylic acid groups (broad SMARTS) is 1. The van der Waals surface area contributed by atoms with E-state index in [1.807, 2.05) is 12.1 Å². The van der Waals surface area contributed by atoms with Crippen LogP contribution in [0.3, 0.4) is 0 Å². The van der Waals surface area contributed by atoms with Crippen LogP contribution in [0.5, 0.6) is 0 Å². The number of benzene rings is 1. The number of carbonyl (C=O) groups is 2. The van der Waals surface area contributed by atoms with Crippen LogP contribution in [0.1, 0.15) is 24.3 Å². The summed E-state index contributed by atoms with van der Waals surface area (Å²) in [7, 11) is 1.63. The van der Waals surface area contributed by atoms with E-state index in [2.05, 4.69) is 0 Å². The first kappa shape index (κ1) is 15.1. The molecular formula is C14H15Cl2NO3. The lowest BCUT2D eigenvalue weighted by molar-refractivity contribution is -0.138. The largest absolute Gasteiger partial charge is 0.481 e. The Bertz CT molecular complexity index is 547. The predicted molar refractivity (Wildman–Crippen MR) is 77.2 cm³/mol. The molecule has 1 aromatic rings. The first-order chi connectivity index (χ1) is 9.41. The number of amides is 1. The summed E-state index contributed by atoms with van der Waals surface area (Å²) in [5, 5.41) is 9.62. The maximum atomic E-state index is 12.2. The van der Waals surface area contributed by atoms with Crippen molar-refractivity contribution in [1.29, 1.82) is 0 Å². The Labute approximate surface area is 127 Å². The Balaban J connectivity index is 1.99. The summed E-state index contributed by atoms with van der Waals surface area (Å²) in [6, 6.07) is 5.41. The summed E-state index contributed by atoms with van der Waals surface area (Å²) >= 11 is 12.1. The van der Waals surface area contributed by atoms with Gasteiger partial charge in [-0.25, -0.2) is 0 Å². The summed E-state index contributed by atoms with van der Waals surface area (Å²) < 4.78 is 0. The van der Waals surface area contributed by atoms with Gasteiger partial charge in [0.25, 0.3) is 0 Å². The van der Waals surface area contributed by atoms with Gasteiger partial charge in [-0.3, -0.25) is 9.59 Å². The highest BCUT2D eigenvalue weighted by Crippen LogP contribution is 2.51. The van der Waals surface area contributed by atoms with Gasteiger partial charge in [-0.1, -0.05) is 35.3 Å². The highest BCUT2D eigenvalue weighted by Gasteiger charge is 2.46. The van der Waals surface area contributed by atoms with Gasteiger partial charge in [-0.05, 0) is 24.0 Å². The Morgan fingerprint density at radius 2 is 2.10 bits per heavy atom. The normalized spacial score (nSPS) is 20.6. The van der Waals surface area contributed by atoms with Crippen molar-refractivity contribution in [2.75, 3.05) is 13.6 Å². The van der Waals surface area contributed by atoms with E-state index in [9.17, 15) is 9.59 Å². The molecule has 0 spiro atoms. The minimum Gasteiger partial charge on any atom is -0.481 e. The average Bonchev–Trinajstić information content (AvgIpc) is 3.18. The minimum atomic E-state index is -0.908. The molecule has 0 radical (unpaired) electrons. The number of carboxylic acids is 1. The second-order valence-electron chi connectivity index (χ2n) is 5.00. The molecule has 0 bridgehead atoms. The van der Waals surface area contributed by atoms with Crippen LogP contribution in [-0.2, 0) is 9.59 Å². The Hall–Kier alpha value is -1.26. The van der Waals surface area contributed by atoms with Crippen LogP contribution >= 0.6 is 23.2 Å². The zero-order valence-corrected chi connectivity index (χ0v) is 12.5. The first-order valence-corrected chi connectivity index (χ1v) is 7.08. The summed E-state index contributed by atoms with van der Waals surface area (Å²) in [4.78, 5) is 24.1. The maximum Gasteiger partial charge on any atom is 0.305 e. The van der Waals surface area contributed by atoms with Gasteiger partial charge in [0.15, 0.2) is 0 Å². The molecule has 1 aromatic carbocycles. The Morgan fingerprint density at radius 1 is 1.40 bits per heavy atom. The molecule has 1 saturated carbocycles. The molecule has 4 nitrogen and oxygen atoms in total. The van der Waals surface area contributed by atoms with Crippen molar-refractivity contribution in [3.63, 3.8) is 0 Å². The monoisotopic (exact) mass is 315 g/mol. The van der Waals surface area contributed by atoms with Gasteiger partial charge in [-0.15, -0.1) is 0 Å². The van der Waals surface area contributed by atoms with E-state index in [1.54, 1.807) is 13.1 Å². The minimum absolute atomic E-state index is 0.0349. The van der Waals surface area contributed by atoms with Gasteiger partial charge < -0.3 is 10.0 Å². The molecule has 108 valence electrons. The molecule has 20 heavy (non-hydrogen) atoms. The molecule has 1 aliphatic carbocycles. The van der Waals surface area contributed by atoms with Crippen LogP contribution in [0.4, 0.5) is 0 Å². The number of nitrogens with zero attached hydrogens (tertiary/aromatic N) is 1. The third-order valence-electron chi connectivity index (χ3n) is 3.53. The van der Waals surface area contributed by atoms with E-state index in [1.165, 1.54) is 4.90 Å². The van der Waals surface area contributed by atoms with Crippen molar-refractivity contribution < 1.29 is 14.7 Å². The van der Waals surface area contributed by atoms with Crippen molar-refractivity contribution in [2.24, 2.45) is 5.92 Å². The number of aliphatic carboxylic acids is 1. The average molecular weight is 316 g/mol. The van der Waals surface area contributed by atoms with Gasteiger partial charge in [-0.2, -0.15) is 0 Å². The van der Waals surface area contributed by atoms with E-state index in [0.717, 1.165) is 12.0 Å². The standard InChI is InChI=1S/C14H15Cl2NO3/c1-17(6-5-12(18)19)14(20)10-7-9(10)8-3-2-4-11(15)13(8)16/h2-4,9-10H,5-7H2,1H3,(H,18,19). The van der Waals surface area contributed by atoms with Crippen molar-refractivity contribution >= 4 is 35.1 Å². The van der Waals surface area contributed by atoms with Crippen molar-refractivity contribution in [3.05, 3.63) is 33.8 Å². The Morgan fingerprint density at radius 3 is 2.75 bits per heavy atom. The van der Waals surface area contributed by atoms with Crippen LogP contribution in [-0.4, -0.2) is 35.5 Å². The molecule has 6 heteroatoms. The predicted octanol–water partition coefficient (Wildman–Crippen LogP) is 3.03. The maximum absolute atomic E-state index is 12.2. The van der Waals surface area contributed by atoms with Crippen LogP contribution in [0.15, 0.2) is 18.2 Å². The molecule has 2 atom stereocenters. The van der Waals surface area contributed by atoms with Crippen molar-refractivity contribution in [2.45, 2.75) is 18.8 Å². The van der Waals surface area contributed by atoms with Gasteiger partial charge in [0, 0.05) is 19.5 Å². The Kier molecular flexibility index (Phi) is 4.55. The van der Waals surface area contributed by atoms with E-state index in [-0.39, 0.29) is 30.7 Å². The number of rotatable bonds is 5. The third-order valence-corrected chi connectivity index (χ3v) is 4.36. The highest BCUT2D eigenvalue weighted by atomic mass is 35.5. The van der Waals surface area contributed by atoms with Gasteiger partial charge in [0.2, 0.25) is 5.91 Å². The topological polar surface area (TPSA) is 57.6 Å². The quantitative estimate of drug-likeness (QED) is 0.908. The van der Waals surface area contributed by atoms with Crippen LogP contribution < -0.4 is 0 Å². The molecule has 0 heterocycles. The molecule has 1 fully saturated rings. The summed E-state index contributed by atoms with van der Waals surface area (Å²) in [5.41, 5.74) is 0.893. The van der Waals surface area contributed by atoms with Gasteiger partial charge >= 0.3 is 5.97 Å². The lowest BCUT2D eigenvalue weighted by Crippen LogP contribution is -2.30. The fourth-order valence-electron chi connectivity index (χ4n) is 2.28. The SMILES string of the molecule is CN(CCC(=O)O)C(=O)C1CC1c1cccc(Cl)c1Cl. The van der Waals surface area contributed by atoms with Gasteiger partial charge in [0.1, 0.15) is 0 Å². The van der Waals surface area contributed by atoms with E-state index >= 15 is 0 Å². The van der Waals surface area contributed by atoms with Gasteiger partial charge in [0.05, 0.1) is 16.5 Å². The lowest BCUT2D eigenvalue weighted by atomic mass is 10.1. The molecule has 0 saturated heterocycles. The molecule has 1 amide bonds. The number of carbonyl (C=O) groups excluding carboxylic acids is 1.